The number of thiocarbonyl (C=S) groups is 1. The Kier molecular flexibility index (Phi) is 5.17. The Bertz CT molecular complexity index is 1180. The van der Waals surface area contributed by atoms with Gasteiger partial charge in [-0.25, -0.2) is 4.79 Å². The van der Waals surface area contributed by atoms with E-state index in [2.05, 4.69) is 0 Å². The van der Waals surface area contributed by atoms with E-state index >= 15 is 0 Å². The first-order chi connectivity index (χ1) is 14.2. The predicted octanol–water partition coefficient (Wildman–Crippen LogP) is 4.24. The van der Waals surface area contributed by atoms with Gasteiger partial charge in [-0.1, -0.05) is 59.8 Å². The highest BCUT2D eigenvalue weighted by atomic mass is 35.5. The third kappa shape index (κ3) is 3.12. The van der Waals surface area contributed by atoms with Crippen molar-refractivity contribution < 1.29 is 19.5 Å². The zero-order chi connectivity index (χ0) is 21.7. The van der Waals surface area contributed by atoms with Crippen LogP contribution in [0.2, 0.25) is 5.02 Å². The Morgan fingerprint density at radius 1 is 1.17 bits per heavy atom. The molecule has 2 aliphatic heterocycles. The molecule has 0 radical (unpaired) electrons. The molecule has 9 heteroatoms. The number of hydrogen-bond donors (Lipinski definition) is 1. The van der Waals surface area contributed by atoms with Gasteiger partial charge >= 0.3 is 5.97 Å². The minimum Gasteiger partial charge on any atom is -0.480 e. The number of fused-ring (bicyclic) bond motifs is 1. The molecule has 0 aliphatic carbocycles. The van der Waals surface area contributed by atoms with Gasteiger partial charge in [0.15, 0.2) is 4.32 Å². The van der Waals surface area contributed by atoms with Gasteiger partial charge in [0.05, 0.1) is 21.9 Å². The monoisotopic (exact) mass is 458 g/mol. The number of aliphatic carboxylic acids is 1. The molecule has 2 aromatic carbocycles. The number of benzene rings is 2. The van der Waals surface area contributed by atoms with Crippen LogP contribution in [0.1, 0.15) is 18.1 Å². The number of thioether (sulfide) groups is 1. The molecule has 1 atom stereocenters. The molecular weight excluding hydrogens is 444 g/mol. The average Bonchev–Trinajstić information content (AvgIpc) is 3.15. The molecule has 0 aromatic heterocycles. The smallest absolute Gasteiger partial charge is 0.326 e. The molecule has 1 fully saturated rings. The highest BCUT2D eigenvalue weighted by Gasteiger charge is 2.44. The number of aryl methyl sites for hydroxylation is 1. The second kappa shape index (κ2) is 7.54. The maximum atomic E-state index is 13.3. The highest BCUT2D eigenvalue weighted by molar-refractivity contribution is 8.27. The largest absolute Gasteiger partial charge is 0.480 e. The van der Waals surface area contributed by atoms with Crippen molar-refractivity contribution in [3.05, 3.63) is 63.5 Å². The van der Waals surface area contributed by atoms with Crippen LogP contribution in [0.25, 0.3) is 5.57 Å². The van der Waals surface area contributed by atoms with E-state index in [9.17, 15) is 19.5 Å². The van der Waals surface area contributed by atoms with E-state index in [4.69, 9.17) is 23.8 Å². The van der Waals surface area contributed by atoms with Crippen molar-refractivity contribution in [2.75, 3.05) is 9.80 Å². The lowest BCUT2D eigenvalue weighted by Gasteiger charge is -2.21. The highest BCUT2D eigenvalue weighted by Crippen LogP contribution is 2.46. The first-order valence-electron chi connectivity index (χ1n) is 8.94. The lowest BCUT2D eigenvalue weighted by Crippen LogP contribution is -2.41. The maximum Gasteiger partial charge on any atom is 0.326 e. The molecule has 152 valence electrons. The number of rotatable bonds is 3. The Morgan fingerprint density at radius 3 is 2.53 bits per heavy atom. The van der Waals surface area contributed by atoms with Crippen molar-refractivity contribution in [2.24, 2.45) is 0 Å². The van der Waals surface area contributed by atoms with E-state index in [1.165, 1.54) is 16.7 Å². The summed E-state index contributed by atoms with van der Waals surface area (Å²) >= 11 is 12.7. The van der Waals surface area contributed by atoms with Crippen LogP contribution in [0, 0.1) is 6.92 Å². The number of carbonyl (C=O) groups excluding carboxylic acids is 2. The fraction of sp³-hybridized carbons (Fsp3) is 0.143. The predicted molar refractivity (Wildman–Crippen MR) is 122 cm³/mol. The minimum absolute atomic E-state index is 0.164. The van der Waals surface area contributed by atoms with Crippen LogP contribution in [0.3, 0.4) is 0 Å². The molecule has 30 heavy (non-hydrogen) atoms. The normalized spacial score (nSPS) is 19.5. The lowest BCUT2D eigenvalue weighted by atomic mass is 10.1. The van der Waals surface area contributed by atoms with E-state index in [0.29, 0.717) is 22.0 Å². The summed E-state index contributed by atoms with van der Waals surface area (Å²) in [5, 5.41) is 9.95. The van der Waals surface area contributed by atoms with Gasteiger partial charge in [-0.2, -0.15) is 0 Å². The van der Waals surface area contributed by atoms with Crippen LogP contribution >= 0.6 is 35.6 Å². The number of amides is 2. The van der Waals surface area contributed by atoms with Gasteiger partial charge in [-0.15, -0.1) is 0 Å². The van der Waals surface area contributed by atoms with E-state index in [-0.39, 0.29) is 14.8 Å². The summed E-state index contributed by atoms with van der Waals surface area (Å²) < 4.78 is 0.275. The van der Waals surface area contributed by atoms with E-state index < -0.39 is 23.8 Å². The number of hydrogen-bond acceptors (Lipinski definition) is 5. The number of carbonyl (C=O) groups is 3. The SMILES string of the molecule is Cc1ccc(N2C(=O)C(=C3C(=O)N(C(C)C(=O)O)c4ccccc43)SC2=S)cc1Cl. The Morgan fingerprint density at radius 2 is 1.87 bits per heavy atom. The van der Waals surface area contributed by atoms with Crippen LogP contribution in [0.4, 0.5) is 11.4 Å². The summed E-state index contributed by atoms with van der Waals surface area (Å²) in [6.45, 7) is 3.28. The van der Waals surface area contributed by atoms with Gasteiger partial charge < -0.3 is 5.11 Å². The molecule has 4 rings (SSSR count). The molecule has 0 saturated carbocycles. The van der Waals surface area contributed by atoms with Crippen LogP contribution in [0.15, 0.2) is 47.4 Å². The van der Waals surface area contributed by atoms with Gasteiger partial charge in [0.2, 0.25) is 0 Å². The molecule has 2 aliphatic rings. The third-order valence-corrected chi connectivity index (χ3v) is 6.80. The second-order valence-electron chi connectivity index (χ2n) is 6.85. The van der Waals surface area contributed by atoms with Gasteiger partial charge in [0.25, 0.3) is 11.8 Å². The summed E-state index contributed by atoms with van der Waals surface area (Å²) in [5.74, 6) is -2.11. The summed E-state index contributed by atoms with van der Waals surface area (Å²) in [5.41, 5.74) is 2.51. The zero-order valence-electron chi connectivity index (χ0n) is 15.9. The molecular formula is C21H15ClN2O4S2. The molecule has 2 heterocycles. The zero-order valence-corrected chi connectivity index (χ0v) is 18.3. The number of halogens is 1. The van der Waals surface area contributed by atoms with Crippen molar-refractivity contribution in [2.45, 2.75) is 19.9 Å². The van der Waals surface area contributed by atoms with E-state index in [1.807, 2.05) is 6.92 Å². The summed E-state index contributed by atoms with van der Waals surface area (Å²) in [7, 11) is 0. The molecule has 1 unspecified atom stereocenters. The molecule has 6 nitrogen and oxygen atoms in total. The first kappa shape index (κ1) is 20.6. The third-order valence-electron chi connectivity index (χ3n) is 5.02. The number of nitrogens with zero attached hydrogens (tertiary/aromatic N) is 2. The fourth-order valence-electron chi connectivity index (χ4n) is 3.42. The first-order valence-corrected chi connectivity index (χ1v) is 10.5. The van der Waals surface area contributed by atoms with Crippen molar-refractivity contribution in [3.8, 4) is 0 Å². The Labute approximate surface area is 187 Å². The van der Waals surface area contributed by atoms with Gasteiger partial charge in [0, 0.05) is 10.6 Å². The Balaban J connectivity index is 1.84. The number of para-hydroxylation sites is 1. The van der Waals surface area contributed by atoms with Crippen LogP contribution in [-0.4, -0.2) is 33.3 Å². The number of carboxylic acid groups (broad SMARTS) is 1. The second-order valence-corrected chi connectivity index (χ2v) is 8.90. The maximum absolute atomic E-state index is 13.3. The lowest BCUT2D eigenvalue weighted by molar-refractivity contribution is -0.139. The van der Waals surface area contributed by atoms with Gasteiger partial charge in [-0.3, -0.25) is 19.4 Å². The Hall–Kier alpha value is -2.68. The summed E-state index contributed by atoms with van der Waals surface area (Å²) in [6.07, 6.45) is 0. The quantitative estimate of drug-likeness (QED) is 0.547. The van der Waals surface area contributed by atoms with Crippen LogP contribution < -0.4 is 9.80 Å². The van der Waals surface area contributed by atoms with Crippen molar-refractivity contribution in [1.82, 2.24) is 0 Å². The molecule has 0 spiro atoms. The molecule has 2 aromatic rings. The molecule has 0 bridgehead atoms. The van der Waals surface area contributed by atoms with E-state index in [1.54, 1.807) is 42.5 Å². The summed E-state index contributed by atoms with van der Waals surface area (Å²) in [6, 6.07) is 10.9. The molecule has 2 amide bonds. The number of carboxylic acids is 1. The van der Waals surface area contributed by atoms with E-state index in [0.717, 1.165) is 17.3 Å². The standard InChI is InChI=1S/C21H15ClN2O4S2/c1-10-7-8-12(9-14(10)22)24-19(26)17(30-21(24)29)16-13-5-3-4-6-15(13)23(18(16)25)11(2)20(27)28/h3-9,11H,1-2H3,(H,27,28). The van der Waals surface area contributed by atoms with Crippen molar-refractivity contribution in [1.29, 1.82) is 0 Å². The molecule has 1 N–H and O–H groups in total. The van der Waals surface area contributed by atoms with Crippen molar-refractivity contribution in [3.63, 3.8) is 0 Å². The fourth-order valence-corrected chi connectivity index (χ4v) is 4.96. The topological polar surface area (TPSA) is 77.9 Å². The molecule has 1 saturated heterocycles. The van der Waals surface area contributed by atoms with Crippen molar-refractivity contribution >= 4 is 74.6 Å². The summed E-state index contributed by atoms with van der Waals surface area (Å²) in [4.78, 5) is 40.8. The van der Waals surface area contributed by atoms with Crippen LogP contribution in [0.5, 0.6) is 0 Å². The van der Waals surface area contributed by atoms with Gasteiger partial charge in [-0.05, 0) is 37.6 Å². The number of anilines is 2. The average molecular weight is 459 g/mol. The van der Waals surface area contributed by atoms with Gasteiger partial charge in [0.1, 0.15) is 6.04 Å². The van der Waals surface area contributed by atoms with Crippen LogP contribution in [-0.2, 0) is 14.4 Å². The minimum atomic E-state index is -1.14.